The van der Waals surface area contributed by atoms with Crippen molar-refractivity contribution in [2.45, 2.75) is 18.4 Å². The molecular weight excluding hydrogens is 296 g/mol. The van der Waals surface area contributed by atoms with Crippen LogP contribution in [0.1, 0.15) is 29.6 Å². The summed E-state index contributed by atoms with van der Waals surface area (Å²) in [5.74, 6) is 0.904. The van der Waals surface area contributed by atoms with E-state index in [0.29, 0.717) is 11.8 Å². The van der Waals surface area contributed by atoms with Gasteiger partial charge in [-0.3, -0.25) is 0 Å². The van der Waals surface area contributed by atoms with Crippen LogP contribution in [0.15, 0.2) is 45.6 Å². The second-order valence-corrected chi connectivity index (χ2v) is 6.13. The van der Waals surface area contributed by atoms with E-state index in [1.54, 1.807) is 11.3 Å². The first-order valence-corrected chi connectivity index (χ1v) is 7.45. The van der Waals surface area contributed by atoms with Gasteiger partial charge in [0.2, 0.25) is 0 Å². The third kappa shape index (κ3) is 2.19. The second-order valence-electron chi connectivity index (χ2n) is 4.54. The molecule has 0 aliphatic heterocycles. The molecule has 1 fully saturated rings. The number of halogens is 1. The summed E-state index contributed by atoms with van der Waals surface area (Å²) in [7, 11) is 0. The molecule has 0 bridgehead atoms. The van der Waals surface area contributed by atoms with Gasteiger partial charge in [0.1, 0.15) is 0 Å². The van der Waals surface area contributed by atoms with E-state index in [-0.39, 0.29) is 6.10 Å². The average Bonchev–Trinajstić information content (AvgIpc) is 3.05. The van der Waals surface area contributed by atoms with Gasteiger partial charge in [0.25, 0.3) is 0 Å². The number of hydrogen-bond donors (Lipinski definition) is 1. The van der Waals surface area contributed by atoms with E-state index in [1.165, 1.54) is 5.56 Å². The summed E-state index contributed by atoms with van der Waals surface area (Å²) in [4.78, 5) is 0. The number of rotatable bonds is 3. The Morgan fingerprint density at radius 2 is 2.00 bits per heavy atom. The maximum atomic E-state index is 10.3. The fraction of sp³-hybridized carbons (Fsp3) is 0.286. The van der Waals surface area contributed by atoms with Crippen LogP contribution >= 0.6 is 27.3 Å². The summed E-state index contributed by atoms with van der Waals surface area (Å²) < 4.78 is 1.04. The lowest BCUT2D eigenvalue weighted by atomic mass is 10.0. The number of hydrogen-bond acceptors (Lipinski definition) is 2. The van der Waals surface area contributed by atoms with E-state index in [9.17, 15) is 5.11 Å². The zero-order valence-electron chi connectivity index (χ0n) is 9.21. The molecule has 1 nitrogen and oxygen atoms in total. The monoisotopic (exact) mass is 308 g/mol. The number of aliphatic hydroxyl groups is 1. The molecule has 0 radical (unpaired) electrons. The highest BCUT2D eigenvalue weighted by atomic mass is 79.9. The van der Waals surface area contributed by atoms with Crippen molar-refractivity contribution in [3.8, 4) is 0 Å². The molecule has 0 saturated heterocycles. The minimum absolute atomic E-state index is 0.333. The quantitative estimate of drug-likeness (QED) is 0.894. The van der Waals surface area contributed by atoms with Gasteiger partial charge >= 0.3 is 0 Å². The number of aliphatic hydroxyl groups excluding tert-OH is 1. The van der Waals surface area contributed by atoms with Crippen molar-refractivity contribution >= 4 is 27.3 Å². The van der Waals surface area contributed by atoms with E-state index < -0.39 is 0 Å². The fourth-order valence-electron chi connectivity index (χ4n) is 2.38. The van der Waals surface area contributed by atoms with E-state index in [1.807, 2.05) is 16.8 Å². The van der Waals surface area contributed by atoms with Gasteiger partial charge in [0.15, 0.2) is 0 Å². The lowest BCUT2D eigenvalue weighted by molar-refractivity contribution is 0.151. The van der Waals surface area contributed by atoms with Gasteiger partial charge in [-0.25, -0.2) is 0 Å². The van der Waals surface area contributed by atoms with Gasteiger partial charge < -0.3 is 5.11 Å². The van der Waals surface area contributed by atoms with Crippen molar-refractivity contribution in [2.75, 3.05) is 0 Å². The molecule has 1 aliphatic carbocycles. The summed E-state index contributed by atoms with van der Waals surface area (Å²) >= 11 is 5.12. The van der Waals surface area contributed by atoms with Crippen molar-refractivity contribution in [2.24, 2.45) is 5.92 Å². The molecule has 3 unspecified atom stereocenters. The molecule has 0 amide bonds. The summed E-state index contributed by atoms with van der Waals surface area (Å²) in [5, 5.41) is 14.4. The van der Waals surface area contributed by atoms with E-state index in [2.05, 4.69) is 40.2 Å². The van der Waals surface area contributed by atoms with Crippen molar-refractivity contribution in [3.63, 3.8) is 0 Å². The van der Waals surface area contributed by atoms with Gasteiger partial charge in [-0.2, -0.15) is 11.3 Å². The highest BCUT2D eigenvalue weighted by Gasteiger charge is 2.44. The Labute approximate surface area is 113 Å². The predicted molar refractivity (Wildman–Crippen MR) is 74.3 cm³/mol. The molecule has 88 valence electrons. The Morgan fingerprint density at radius 3 is 2.65 bits per heavy atom. The molecule has 1 aliphatic rings. The van der Waals surface area contributed by atoms with Crippen LogP contribution in [0.5, 0.6) is 0 Å². The Morgan fingerprint density at radius 1 is 1.24 bits per heavy atom. The van der Waals surface area contributed by atoms with Gasteiger partial charge in [0, 0.05) is 15.4 Å². The Balaban J connectivity index is 1.75. The molecule has 1 aromatic heterocycles. The molecule has 1 aromatic carbocycles. The summed E-state index contributed by atoms with van der Waals surface area (Å²) in [6.07, 6.45) is 0.758. The molecule has 3 atom stereocenters. The van der Waals surface area contributed by atoms with Gasteiger partial charge in [-0.15, -0.1) is 0 Å². The van der Waals surface area contributed by atoms with Crippen LogP contribution in [-0.4, -0.2) is 5.11 Å². The van der Waals surface area contributed by atoms with E-state index in [0.717, 1.165) is 16.5 Å². The van der Waals surface area contributed by atoms with Crippen molar-refractivity contribution in [1.82, 2.24) is 0 Å². The van der Waals surface area contributed by atoms with Crippen molar-refractivity contribution < 1.29 is 5.11 Å². The largest absolute Gasteiger partial charge is 0.388 e. The van der Waals surface area contributed by atoms with Gasteiger partial charge in [-0.05, 0) is 45.1 Å². The Bertz CT molecular complexity index is 508. The topological polar surface area (TPSA) is 20.2 Å². The predicted octanol–water partition coefficient (Wildman–Crippen LogP) is 4.35. The van der Waals surface area contributed by atoms with Crippen molar-refractivity contribution in [1.29, 1.82) is 0 Å². The molecule has 1 saturated carbocycles. The molecule has 3 heteroatoms. The first-order valence-electron chi connectivity index (χ1n) is 5.72. The summed E-state index contributed by atoms with van der Waals surface area (Å²) in [6, 6.07) is 10.5. The lowest BCUT2D eigenvalue weighted by Crippen LogP contribution is -2.00. The Kier molecular flexibility index (Phi) is 3.07. The number of benzene rings is 1. The highest BCUT2D eigenvalue weighted by Crippen LogP contribution is 2.54. The molecule has 0 spiro atoms. The summed E-state index contributed by atoms with van der Waals surface area (Å²) in [6.45, 7) is 0. The third-order valence-electron chi connectivity index (χ3n) is 3.43. The van der Waals surface area contributed by atoms with Crippen LogP contribution in [0.2, 0.25) is 0 Å². The molecule has 3 rings (SSSR count). The SMILES string of the molecule is OC(c1cscc1Br)C1CC1c1ccccc1. The maximum absolute atomic E-state index is 10.3. The minimum Gasteiger partial charge on any atom is -0.388 e. The zero-order chi connectivity index (χ0) is 11.8. The van der Waals surface area contributed by atoms with Crippen LogP contribution in [0.4, 0.5) is 0 Å². The van der Waals surface area contributed by atoms with Crippen LogP contribution in [0.3, 0.4) is 0 Å². The van der Waals surface area contributed by atoms with Gasteiger partial charge in [-0.1, -0.05) is 30.3 Å². The zero-order valence-corrected chi connectivity index (χ0v) is 11.6. The highest BCUT2D eigenvalue weighted by molar-refractivity contribution is 9.10. The lowest BCUT2D eigenvalue weighted by Gasteiger charge is -2.09. The first-order chi connectivity index (χ1) is 8.27. The molecule has 17 heavy (non-hydrogen) atoms. The summed E-state index contributed by atoms with van der Waals surface area (Å²) in [5.41, 5.74) is 2.39. The first kappa shape index (κ1) is 11.5. The van der Waals surface area contributed by atoms with Gasteiger partial charge in [0.05, 0.1) is 6.10 Å². The normalized spacial score (nSPS) is 24.6. The molecular formula is C14H13BrOS. The molecule has 1 N–H and O–H groups in total. The minimum atomic E-state index is -0.333. The van der Waals surface area contributed by atoms with Crippen LogP contribution in [0, 0.1) is 5.92 Å². The van der Waals surface area contributed by atoms with E-state index >= 15 is 0 Å². The maximum Gasteiger partial charge on any atom is 0.0843 e. The standard InChI is InChI=1S/C14H13BrOS/c15-13-8-17-7-12(13)14(16)11-6-10(11)9-4-2-1-3-5-9/h1-5,7-8,10-11,14,16H,6H2. The van der Waals surface area contributed by atoms with Crippen LogP contribution < -0.4 is 0 Å². The molecule has 1 heterocycles. The van der Waals surface area contributed by atoms with Crippen molar-refractivity contribution in [3.05, 3.63) is 56.7 Å². The smallest absolute Gasteiger partial charge is 0.0843 e. The van der Waals surface area contributed by atoms with Crippen LogP contribution in [-0.2, 0) is 0 Å². The second kappa shape index (κ2) is 4.56. The molecule has 2 aromatic rings. The fourth-order valence-corrected chi connectivity index (χ4v) is 3.94. The average molecular weight is 309 g/mol. The third-order valence-corrected chi connectivity index (χ3v) is 5.19. The van der Waals surface area contributed by atoms with Crippen LogP contribution in [0.25, 0.3) is 0 Å². The van der Waals surface area contributed by atoms with E-state index in [4.69, 9.17) is 0 Å². The number of thiophene rings is 1. The Hall–Kier alpha value is -0.640.